The summed E-state index contributed by atoms with van der Waals surface area (Å²) in [6.07, 6.45) is 1.37. The second kappa shape index (κ2) is 3.83. The van der Waals surface area contributed by atoms with Crippen LogP contribution in [0.5, 0.6) is 0 Å². The van der Waals surface area contributed by atoms with Gasteiger partial charge in [-0.3, -0.25) is 0 Å². The number of ether oxygens (including phenoxy) is 1. The maximum absolute atomic E-state index is 11.1. The molecule has 0 aliphatic carbocycles. The number of nitriles is 1. The molecule has 0 spiro atoms. The van der Waals surface area contributed by atoms with Crippen molar-refractivity contribution in [3.8, 4) is 6.07 Å². The van der Waals surface area contributed by atoms with E-state index in [0.717, 1.165) is 0 Å². The molecule has 1 heterocycles. The van der Waals surface area contributed by atoms with Crippen LogP contribution in [-0.4, -0.2) is 18.1 Å². The average molecular weight is 194 g/mol. The van der Waals surface area contributed by atoms with E-state index in [2.05, 4.69) is 9.72 Å². The molecule has 0 aliphatic rings. The van der Waals surface area contributed by atoms with E-state index in [1.165, 1.54) is 19.4 Å². The first-order chi connectivity index (χ1) is 6.19. The highest BCUT2D eigenvalue weighted by atomic mass is 32.1. The molecular weight excluding hydrogens is 188 g/mol. The predicted molar refractivity (Wildman–Crippen MR) is 47.7 cm³/mol. The topological polar surface area (TPSA) is 65.9 Å². The number of methoxy groups -OCH3 is 1. The van der Waals surface area contributed by atoms with E-state index in [1.807, 2.05) is 6.07 Å². The number of hydrogen-bond donors (Lipinski definition) is 1. The van der Waals surface area contributed by atoms with Crippen LogP contribution in [0.1, 0.15) is 15.9 Å². The third-order valence-electron chi connectivity index (χ3n) is 1.45. The van der Waals surface area contributed by atoms with Crippen LogP contribution in [0.3, 0.4) is 0 Å². The Hall–Kier alpha value is -1.67. The van der Waals surface area contributed by atoms with Crippen molar-refractivity contribution in [3.05, 3.63) is 28.0 Å². The van der Waals surface area contributed by atoms with Crippen LogP contribution in [0.2, 0.25) is 0 Å². The SMILES string of the molecule is COC(=O)c1c[nH]c(=S)cc1C#N. The van der Waals surface area contributed by atoms with Crippen LogP contribution in [0.4, 0.5) is 0 Å². The summed E-state index contributed by atoms with van der Waals surface area (Å²) in [5, 5.41) is 8.67. The number of nitrogens with one attached hydrogen (secondary N) is 1. The van der Waals surface area contributed by atoms with Crippen LogP contribution >= 0.6 is 12.2 Å². The molecule has 0 fully saturated rings. The molecule has 0 aromatic carbocycles. The summed E-state index contributed by atoms with van der Waals surface area (Å²) in [6.45, 7) is 0. The standard InChI is InChI=1S/C8H6N2O2S/c1-12-8(11)6-4-10-7(13)2-5(6)3-9/h2,4H,1H3,(H,10,13). The minimum absolute atomic E-state index is 0.193. The zero-order valence-electron chi connectivity index (χ0n) is 6.83. The van der Waals surface area contributed by atoms with Gasteiger partial charge in [0.05, 0.1) is 18.2 Å². The summed E-state index contributed by atoms with van der Waals surface area (Å²) < 4.78 is 4.88. The van der Waals surface area contributed by atoms with Crippen LogP contribution in [-0.2, 0) is 4.74 Å². The first-order valence-corrected chi connectivity index (χ1v) is 3.81. The van der Waals surface area contributed by atoms with Crippen molar-refractivity contribution < 1.29 is 9.53 Å². The number of hydrogen-bond acceptors (Lipinski definition) is 4. The summed E-state index contributed by atoms with van der Waals surface area (Å²) >= 11 is 4.79. The smallest absolute Gasteiger partial charge is 0.340 e. The highest BCUT2D eigenvalue weighted by Gasteiger charge is 2.10. The van der Waals surface area contributed by atoms with E-state index in [9.17, 15) is 4.79 Å². The maximum Gasteiger partial charge on any atom is 0.340 e. The largest absolute Gasteiger partial charge is 0.465 e. The number of H-pyrrole nitrogens is 1. The van der Waals surface area contributed by atoms with E-state index in [-0.39, 0.29) is 11.1 Å². The fourth-order valence-corrected chi connectivity index (χ4v) is 1.02. The Morgan fingerprint density at radius 1 is 1.77 bits per heavy atom. The fourth-order valence-electron chi connectivity index (χ4n) is 0.843. The van der Waals surface area contributed by atoms with Crippen LogP contribution in [0.15, 0.2) is 12.3 Å². The van der Waals surface area contributed by atoms with Crippen molar-refractivity contribution in [2.75, 3.05) is 7.11 Å². The lowest BCUT2D eigenvalue weighted by Gasteiger charge is -1.99. The Labute approximate surface area is 79.8 Å². The predicted octanol–water partition coefficient (Wildman–Crippen LogP) is 1.40. The fraction of sp³-hybridized carbons (Fsp3) is 0.125. The van der Waals surface area contributed by atoms with Gasteiger partial charge in [0, 0.05) is 6.20 Å². The normalized spacial score (nSPS) is 8.92. The average Bonchev–Trinajstić information content (AvgIpc) is 2.16. The van der Waals surface area contributed by atoms with Gasteiger partial charge in [0.25, 0.3) is 0 Å². The summed E-state index contributed by atoms with van der Waals surface area (Å²) in [5.41, 5.74) is 0.411. The molecule has 0 unspecified atom stereocenters. The molecule has 0 saturated carbocycles. The van der Waals surface area contributed by atoms with Crippen LogP contribution in [0, 0.1) is 16.0 Å². The first-order valence-electron chi connectivity index (χ1n) is 3.40. The minimum atomic E-state index is -0.553. The molecule has 5 heteroatoms. The van der Waals surface area contributed by atoms with Gasteiger partial charge in [0.2, 0.25) is 0 Å². The highest BCUT2D eigenvalue weighted by molar-refractivity contribution is 7.71. The maximum atomic E-state index is 11.1. The van der Waals surface area contributed by atoms with Gasteiger partial charge in [-0.2, -0.15) is 5.26 Å². The Morgan fingerprint density at radius 2 is 2.46 bits per heavy atom. The summed E-state index contributed by atoms with van der Waals surface area (Å²) in [6, 6.07) is 3.28. The number of nitrogens with zero attached hydrogens (tertiary/aromatic N) is 1. The Kier molecular flexibility index (Phi) is 2.77. The molecule has 0 saturated heterocycles. The molecule has 0 amide bonds. The number of esters is 1. The van der Waals surface area contributed by atoms with Crippen LogP contribution in [0.25, 0.3) is 0 Å². The molecule has 0 bridgehead atoms. The molecule has 66 valence electrons. The second-order valence-electron chi connectivity index (χ2n) is 2.23. The first kappa shape index (κ1) is 9.42. The van der Waals surface area contributed by atoms with Gasteiger partial charge in [-0.1, -0.05) is 12.2 Å². The van der Waals surface area contributed by atoms with Crippen molar-refractivity contribution in [3.63, 3.8) is 0 Å². The third kappa shape index (κ3) is 1.92. The molecular formula is C8H6N2O2S. The summed E-state index contributed by atoms with van der Waals surface area (Å²) in [4.78, 5) is 13.7. The van der Waals surface area contributed by atoms with Gasteiger partial charge in [-0.15, -0.1) is 0 Å². The second-order valence-corrected chi connectivity index (χ2v) is 2.67. The minimum Gasteiger partial charge on any atom is -0.465 e. The van der Waals surface area contributed by atoms with E-state index < -0.39 is 5.97 Å². The Morgan fingerprint density at radius 3 is 3.00 bits per heavy atom. The Bertz CT molecular complexity index is 431. The molecule has 1 N–H and O–H groups in total. The zero-order chi connectivity index (χ0) is 9.84. The monoisotopic (exact) mass is 194 g/mol. The van der Waals surface area contributed by atoms with E-state index in [0.29, 0.717) is 4.64 Å². The van der Waals surface area contributed by atoms with Gasteiger partial charge in [-0.25, -0.2) is 4.79 Å². The zero-order valence-corrected chi connectivity index (χ0v) is 7.64. The summed E-state index contributed by atoms with van der Waals surface area (Å²) in [5.74, 6) is -0.553. The van der Waals surface area contributed by atoms with Crippen molar-refractivity contribution in [2.45, 2.75) is 0 Å². The van der Waals surface area contributed by atoms with Crippen molar-refractivity contribution in [1.29, 1.82) is 5.26 Å². The van der Waals surface area contributed by atoms with Gasteiger partial charge in [0.1, 0.15) is 10.7 Å². The quantitative estimate of drug-likeness (QED) is 0.542. The molecule has 1 rings (SSSR count). The Balaban J connectivity index is 3.31. The third-order valence-corrected chi connectivity index (χ3v) is 1.69. The molecule has 13 heavy (non-hydrogen) atoms. The number of pyridine rings is 1. The lowest BCUT2D eigenvalue weighted by molar-refractivity contribution is 0.0600. The van der Waals surface area contributed by atoms with E-state index in [4.69, 9.17) is 17.5 Å². The lowest BCUT2D eigenvalue weighted by atomic mass is 10.1. The number of carbonyl (C=O) groups is 1. The van der Waals surface area contributed by atoms with Crippen molar-refractivity contribution in [2.24, 2.45) is 0 Å². The number of rotatable bonds is 1. The van der Waals surface area contributed by atoms with Gasteiger partial charge in [-0.05, 0) is 6.07 Å². The van der Waals surface area contributed by atoms with Crippen molar-refractivity contribution in [1.82, 2.24) is 4.98 Å². The van der Waals surface area contributed by atoms with Crippen LogP contribution < -0.4 is 0 Å². The molecule has 0 aliphatic heterocycles. The molecule has 0 atom stereocenters. The summed E-state index contributed by atoms with van der Waals surface area (Å²) in [7, 11) is 1.26. The lowest BCUT2D eigenvalue weighted by Crippen LogP contribution is -2.04. The van der Waals surface area contributed by atoms with Gasteiger partial charge >= 0.3 is 5.97 Å². The molecule has 4 nitrogen and oxygen atoms in total. The van der Waals surface area contributed by atoms with Gasteiger partial charge < -0.3 is 9.72 Å². The molecule has 0 radical (unpaired) electrons. The highest BCUT2D eigenvalue weighted by Crippen LogP contribution is 2.07. The number of aromatic amines is 1. The molecule has 1 aromatic rings. The van der Waals surface area contributed by atoms with E-state index >= 15 is 0 Å². The molecule has 1 aromatic heterocycles. The van der Waals surface area contributed by atoms with Gasteiger partial charge in [0.15, 0.2) is 0 Å². The van der Waals surface area contributed by atoms with Crippen molar-refractivity contribution >= 4 is 18.2 Å². The van der Waals surface area contributed by atoms with E-state index in [1.54, 1.807) is 0 Å². The number of carbonyl (C=O) groups excluding carboxylic acids is 1. The number of aromatic nitrogens is 1.